The van der Waals surface area contributed by atoms with Crippen LogP contribution in [0.1, 0.15) is 30.5 Å². The summed E-state index contributed by atoms with van der Waals surface area (Å²) in [5.41, 5.74) is 2.43. The standard InChI is InChI=1S/C17H18BrFIN/c1-2-9-21-17(10-12-3-5-13(18)6-4-12)15-8-7-14(19)11-16(15)20/h3-8,11,17,21H,2,9-10H2,1H3. The highest BCUT2D eigenvalue weighted by atomic mass is 127. The van der Waals surface area contributed by atoms with E-state index in [0.717, 1.165) is 33.0 Å². The molecule has 2 rings (SSSR count). The molecule has 0 amide bonds. The number of hydrogen-bond donors (Lipinski definition) is 1. The van der Waals surface area contributed by atoms with Gasteiger partial charge in [0.1, 0.15) is 5.82 Å². The normalized spacial score (nSPS) is 12.4. The molecule has 0 bridgehead atoms. The quantitative estimate of drug-likeness (QED) is 0.562. The summed E-state index contributed by atoms with van der Waals surface area (Å²) in [6.45, 7) is 3.11. The van der Waals surface area contributed by atoms with Crippen molar-refractivity contribution in [3.8, 4) is 0 Å². The molecular weight excluding hydrogens is 444 g/mol. The second-order valence-corrected chi connectivity index (χ2v) is 7.08. The van der Waals surface area contributed by atoms with Crippen LogP contribution in [0.5, 0.6) is 0 Å². The topological polar surface area (TPSA) is 12.0 Å². The Kier molecular flexibility index (Phi) is 6.64. The molecule has 0 heterocycles. The lowest BCUT2D eigenvalue weighted by Gasteiger charge is -2.20. The van der Waals surface area contributed by atoms with Crippen molar-refractivity contribution in [2.45, 2.75) is 25.8 Å². The van der Waals surface area contributed by atoms with Crippen LogP contribution in [0.4, 0.5) is 4.39 Å². The van der Waals surface area contributed by atoms with Gasteiger partial charge in [-0.15, -0.1) is 0 Å². The molecule has 4 heteroatoms. The summed E-state index contributed by atoms with van der Waals surface area (Å²) >= 11 is 5.67. The zero-order valence-corrected chi connectivity index (χ0v) is 15.6. The first kappa shape index (κ1) is 16.9. The molecular formula is C17H18BrFIN. The van der Waals surface area contributed by atoms with Crippen LogP contribution in [-0.4, -0.2) is 6.54 Å². The van der Waals surface area contributed by atoms with Gasteiger partial charge in [0.05, 0.1) is 0 Å². The largest absolute Gasteiger partial charge is 0.310 e. The van der Waals surface area contributed by atoms with E-state index in [4.69, 9.17) is 0 Å². The molecule has 2 aromatic carbocycles. The predicted octanol–water partition coefficient (Wildman–Crippen LogP) is 5.48. The van der Waals surface area contributed by atoms with Gasteiger partial charge in [0.15, 0.2) is 0 Å². The maximum Gasteiger partial charge on any atom is 0.124 e. The Balaban J connectivity index is 2.22. The molecule has 0 aromatic heterocycles. The number of hydrogen-bond acceptors (Lipinski definition) is 1. The minimum atomic E-state index is -0.180. The first-order valence-corrected chi connectivity index (χ1v) is 8.90. The first-order valence-electron chi connectivity index (χ1n) is 7.03. The van der Waals surface area contributed by atoms with E-state index in [1.807, 2.05) is 6.07 Å². The number of nitrogens with one attached hydrogen (secondary N) is 1. The molecule has 1 nitrogen and oxygen atoms in total. The summed E-state index contributed by atoms with van der Waals surface area (Å²) in [5.74, 6) is -0.180. The Labute approximate surface area is 147 Å². The second kappa shape index (κ2) is 8.25. The van der Waals surface area contributed by atoms with Gasteiger partial charge in [-0.25, -0.2) is 4.39 Å². The highest BCUT2D eigenvalue weighted by Crippen LogP contribution is 2.25. The summed E-state index contributed by atoms with van der Waals surface area (Å²) in [7, 11) is 0. The Morgan fingerprint density at radius 3 is 2.52 bits per heavy atom. The van der Waals surface area contributed by atoms with Gasteiger partial charge in [-0.3, -0.25) is 0 Å². The van der Waals surface area contributed by atoms with E-state index in [0.29, 0.717) is 0 Å². The lowest BCUT2D eigenvalue weighted by Crippen LogP contribution is -2.25. The Morgan fingerprint density at radius 1 is 1.19 bits per heavy atom. The average molecular weight is 462 g/mol. The van der Waals surface area contributed by atoms with Crippen molar-refractivity contribution >= 4 is 38.5 Å². The van der Waals surface area contributed by atoms with Crippen molar-refractivity contribution in [1.82, 2.24) is 5.32 Å². The molecule has 1 N–H and O–H groups in total. The van der Waals surface area contributed by atoms with E-state index in [1.165, 1.54) is 5.56 Å². The summed E-state index contributed by atoms with van der Waals surface area (Å²) in [6.07, 6.45) is 1.98. The highest BCUT2D eigenvalue weighted by molar-refractivity contribution is 14.1. The third-order valence-corrected chi connectivity index (χ3v) is 4.79. The minimum absolute atomic E-state index is 0.180. The van der Waals surface area contributed by atoms with Gasteiger partial charge >= 0.3 is 0 Å². The molecule has 0 radical (unpaired) electrons. The van der Waals surface area contributed by atoms with E-state index < -0.39 is 0 Å². The van der Waals surface area contributed by atoms with Crippen molar-refractivity contribution < 1.29 is 4.39 Å². The van der Waals surface area contributed by atoms with Gasteiger partial charge in [-0.1, -0.05) is 41.1 Å². The lowest BCUT2D eigenvalue weighted by atomic mass is 9.98. The number of rotatable bonds is 6. The summed E-state index contributed by atoms with van der Waals surface area (Å²) < 4.78 is 15.4. The zero-order valence-electron chi connectivity index (χ0n) is 11.9. The van der Waals surface area contributed by atoms with E-state index >= 15 is 0 Å². The molecule has 2 aromatic rings. The average Bonchev–Trinajstić information content (AvgIpc) is 2.46. The fourth-order valence-electron chi connectivity index (χ4n) is 2.25. The molecule has 112 valence electrons. The van der Waals surface area contributed by atoms with E-state index in [-0.39, 0.29) is 11.9 Å². The van der Waals surface area contributed by atoms with Gasteiger partial charge in [0.2, 0.25) is 0 Å². The zero-order chi connectivity index (χ0) is 15.2. The van der Waals surface area contributed by atoms with Gasteiger partial charge in [0, 0.05) is 14.1 Å². The summed E-state index contributed by atoms with van der Waals surface area (Å²) in [4.78, 5) is 0. The molecule has 0 saturated heterocycles. The van der Waals surface area contributed by atoms with Crippen LogP contribution < -0.4 is 5.32 Å². The van der Waals surface area contributed by atoms with Crippen molar-refractivity contribution in [3.63, 3.8) is 0 Å². The smallest absolute Gasteiger partial charge is 0.124 e. The first-order chi connectivity index (χ1) is 10.1. The fraction of sp³-hybridized carbons (Fsp3) is 0.294. The highest BCUT2D eigenvalue weighted by Gasteiger charge is 2.15. The monoisotopic (exact) mass is 461 g/mol. The third-order valence-electron chi connectivity index (χ3n) is 3.33. The van der Waals surface area contributed by atoms with Crippen LogP contribution in [0.15, 0.2) is 46.9 Å². The van der Waals surface area contributed by atoms with Gasteiger partial charge in [-0.05, 0) is 77.4 Å². The van der Waals surface area contributed by atoms with Crippen molar-refractivity contribution in [2.24, 2.45) is 0 Å². The van der Waals surface area contributed by atoms with Crippen LogP contribution >= 0.6 is 38.5 Å². The second-order valence-electron chi connectivity index (χ2n) is 5.00. The molecule has 0 aliphatic heterocycles. The van der Waals surface area contributed by atoms with Gasteiger partial charge < -0.3 is 5.32 Å². The van der Waals surface area contributed by atoms with Crippen LogP contribution in [0.25, 0.3) is 0 Å². The number of halogens is 3. The molecule has 1 atom stereocenters. The van der Waals surface area contributed by atoms with Crippen molar-refractivity contribution in [3.05, 3.63) is 67.5 Å². The van der Waals surface area contributed by atoms with Crippen molar-refractivity contribution in [1.29, 1.82) is 0 Å². The van der Waals surface area contributed by atoms with E-state index in [2.05, 4.69) is 75.0 Å². The molecule has 1 unspecified atom stereocenters. The SMILES string of the molecule is CCCNC(Cc1ccc(Br)cc1)c1ccc(F)cc1I. The molecule has 0 aliphatic carbocycles. The molecule has 0 spiro atoms. The summed E-state index contributed by atoms with van der Waals surface area (Å²) in [6, 6.07) is 13.6. The molecule has 21 heavy (non-hydrogen) atoms. The molecule has 0 fully saturated rings. The maximum absolute atomic E-state index is 13.3. The van der Waals surface area contributed by atoms with Crippen LogP contribution in [-0.2, 0) is 6.42 Å². The maximum atomic E-state index is 13.3. The van der Waals surface area contributed by atoms with Gasteiger partial charge in [-0.2, -0.15) is 0 Å². The van der Waals surface area contributed by atoms with Crippen molar-refractivity contribution in [2.75, 3.05) is 6.54 Å². The van der Waals surface area contributed by atoms with E-state index in [9.17, 15) is 4.39 Å². The Morgan fingerprint density at radius 2 is 1.90 bits per heavy atom. The number of benzene rings is 2. The third kappa shape index (κ3) is 5.04. The van der Waals surface area contributed by atoms with E-state index in [1.54, 1.807) is 12.1 Å². The molecule has 0 saturated carbocycles. The van der Waals surface area contributed by atoms with Crippen LogP contribution in [0.2, 0.25) is 0 Å². The van der Waals surface area contributed by atoms with Gasteiger partial charge in [0.25, 0.3) is 0 Å². The summed E-state index contributed by atoms with van der Waals surface area (Å²) in [5, 5.41) is 3.57. The Hall–Kier alpha value is -0.460. The van der Waals surface area contributed by atoms with Crippen LogP contribution in [0.3, 0.4) is 0 Å². The minimum Gasteiger partial charge on any atom is -0.310 e. The predicted molar refractivity (Wildman–Crippen MR) is 98.0 cm³/mol. The lowest BCUT2D eigenvalue weighted by molar-refractivity contribution is 0.525. The van der Waals surface area contributed by atoms with Crippen LogP contribution in [0, 0.1) is 9.39 Å². The Bertz CT molecular complexity index is 586. The fourth-order valence-corrected chi connectivity index (χ4v) is 3.37. The molecule has 0 aliphatic rings.